The Bertz CT molecular complexity index is 1330. The number of hydrogen-bond donors (Lipinski definition) is 2. The highest BCUT2D eigenvalue weighted by molar-refractivity contribution is 8.76. The molecule has 0 aromatic heterocycles. The van der Waals surface area contributed by atoms with Crippen LogP contribution in [0.5, 0.6) is 11.5 Å². The number of aryl methyl sites for hydroxylation is 2. The van der Waals surface area contributed by atoms with Crippen molar-refractivity contribution >= 4 is 44.8 Å². The highest BCUT2D eigenvalue weighted by atomic mass is 33.1. The Morgan fingerprint density at radius 1 is 0.575 bits per heavy atom. The maximum Gasteiger partial charge on any atom is 0.265 e. The Morgan fingerprint density at radius 3 is 1.30 bits per heavy atom. The molecular weight excluding hydrogens is 540 g/mol. The first-order chi connectivity index (χ1) is 19.3. The van der Waals surface area contributed by atoms with Crippen molar-refractivity contribution in [2.24, 2.45) is 0 Å². The molecule has 0 heterocycles. The lowest BCUT2D eigenvalue weighted by atomic mass is 10.2. The average Bonchev–Trinajstić information content (AvgIpc) is 2.95. The molecule has 4 aromatic carbocycles. The van der Waals surface area contributed by atoms with Crippen molar-refractivity contribution in [1.29, 1.82) is 0 Å². The fourth-order valence-corrected chi connectivity index (χ4v) is 5.87. The third kappa shape index (κ3) is 8.31. The minimum atomic E-state index is -0.673. The van der Waals surface area contributed by atoms with Gasteiger partial charge in [-0.1, -0.05) is 81.2 Å². The third-order valence-corrected chi connectivity index (χ3v) is 8.40. The molecule has 2 amide bonds. The van der Waals surface area contributed by atoms with E-state index in [1.165, 1.54) is 21.6 Å². The monoisotopic (exact) mass is 572 g/mol. The number of benzene rings is 4. The van der Waals surface area contributed by atoms with Crippen LogP contribution in [-0.4, -0.2) is 24.0 Å². The van der Waals surface area contributed by atoms with Gasteiger partial charge in [-0.25, -0.2) is 0 Å². The molecule has 0 radical (unpaired) electrons. The molecule has 0 aliphatic rings. The molecule has 2 unspecified atom stereocenters. The zero-order valence-corrected chi connectivity index (χ0v) is 24.5. The van der Waals surface area contributed by atoms with E-state index in [1.807, 2.05) is 111 Å². The number of amides is 2. The van der Waals surface area contributed by atoms with E-state index in [1.54, 1.807) is 13.8 Å². The second-order valence-corrected chi connectivity index (χ2v) is 11.5. The number of carbonyl (C=O) groups excluding carboxylic acids is 2. The number of para-hydroxylation sites is 2. The third-order valence-electron chi connectivity index (χ3n) is 5.92. The van der Waals surface area contributed by atoms with E-state index in [9.17, 15) is 9.59 Å². The summed E-state index contributed by atoms with van der Waals surface area (Å²) >= 11 is 0. The summed E-state index contributed by atoms with van der Waals surface area (Å²) in [7, 11) is 2.98. The van der Waals surface area contributed by atoms with Gasteiger partial charge in [-0.2, -0.15) is 0 Å². The molecule has 0 fully saturated rings. The molecular formula is C32H32N2O4S2. The summed E-state index contributed by atoms with van der Waals surface area (Å²) in [5.41, 5.74) is 3.62. The zero-order valence-electron chi connectivity index (χ0n) is 22.8. The second-order valence-electron chi connectivity index (χ2n) is 9.28. The fourth-order valence-electron chi connectivity index (χ4n) is 3.59. The number of ether oxygens (including phenoxy) is 2. The summed E-state index contributed by atoms with van der Waals surface area (Å²) in [5, 5.41) is 5.96. The van der Waals surface area contributed by atoms with Gasteiger partial charge in [-0.15, -0.1) is 0 Å². The van der Waals surface area contributed by atoms with Crippen molar-refractivity contribution in [3.05, 3.63) is 108 Å². The lowest BCUT2D eigenvalue weighted by molar-refractivity contribution is -0.122. The molecule has 0 aliphatic carbocycles. The van der Waals surface area contributed by atoms with Gasteiger partial charge in [0.1, 0.15) is 11.5 Å². The van der Waals surface area contributed by atoms with Crippen molar-refractivity contribution in [2.45, 2.75) is 49.7 Å². The zero-order chi connectivity index (χ0) is 28.5. The number of nitrogens with one attached hydrogen (secondary N) is 2. The first kappa shape index (κ1) is 29.1. The molecule has 2 N–H and O–H groups in total. The van der Waals surface area contributed by atoms with Crippen molar-refractivity contribution in [3.8, 4) is 11.5 Å². The Hall–Kier alpha value is -3.88. The summed E-state index contributed by atoms with van der Waals surface area (Å²) in [4.78, 5) is 27.5. The summed E-state index contributed by atoms with van der Waals surface area (Å²) in [5.74, 6) is 0.801. The molecule has 0 aliphatic heterocycles. The van der Waals surface area contributed by atoms with Gasteiger partial charge in [0.2, 0.25) is 0 Å². The van der Waals surface area contributed by atoms with E-state index in [4.69, 9.17) is 9.47 Å². The number of anilines is 2. The van der Waals surface area contributed by atoms with Crippen LogP contribution in [0, 0.1) is 13.8 Å². The molecule has 2 atom stereocenters. The van der Waals surface area contributed by atoms with E-state index < -0.39 is 12.2 Å². The average molecular weight is 573 g/mol. The van der Waals surface area contributed by atoms with E-state index in [0.717, 1.165) is 20.9 Å². The highest BCUT2D eigenvalue weighted by Crippen LogP contribution is 2.43. The lowest BCUT2D eigenvalue weighted by Crippen LogP contribution is -2.30. The fraction of sp³-hybridized carbons (Fsp3) is 0.188. The van der Waals surface area contributed by atoms with Crippen LogP contribution in [0.25, 0.3) is 0 Å². The minimum absolute atomic E-state index is 0.242. The SMILES string of the molecule is Cc1ccc(OC(C)C(=O)Nc2ccccc2SSc2ccccc2NC(=O)C(C)Oc2ccc(C)cc2)cc1. The summed E-state index contributed by atoms with van der Waals surface area (Å²) in [6, 6.07) is 30.4. The van der Waals surface area contributed by atoms with Gasteiger partial charge >= 0.3 is 0 Å². The maximum atomic E-state index is 12.9. The van der Waals surface area contributed by atoms with Crippen molar-refractivity contribution in [3.63, 3.8) is 0 Å². The standard InChI is InChI=1S/C32H32N2O4S2/c1-21-13-17-25(18-14-21)37-23(3)31(35)33-27-9-5-7-11-29(27)39-40-30-12-8-6-10-28(30)34-32(36)24(4)38-26-19-15-22(2)16-20-26/h5-20,23-24H,1-4H3,(H,33,35)(H,34,36). The first-order valence-electron chi connectivity index (χ1n) is 12.9. The number of carbonyl (C=O) groups is 2. The van der Waals surface area contributed by atoms with Gasteiger partial charge in [-0.3, -0.25) is 9.59 Å². The van der Waals surface area contributed by atoms with E-state index in [0.29, 0.717) is 22.9 Å². The van der Waals surface area contributed by atoms with E-state index in [2.05, 4.69) is 10.6 Å². The molecule has 0 saturated heterocycles. The van der Waals surface area contributed by atoms with Crippen molar-refractivity contribution < 1.29 is 19.1 Å². The Morgan fingerprint density at radius 2 is 0.925 bits per heavy atom. The van der Waals surface area contributed by atoms with Gasteiger partial charge in [-0.05, 0) is 76.2 Å². The predicted molar refractivity (Wildman–Crippen MR) is 164 cm³/mol. The van der Waals surface area contributed by atoms with Crippen molar-refractivity contribution in [2.75, 3.05) is 10.6 Å². The van der Waals surface area contributed by atoms with E-state index >= 15 is 0 Å². The Kier molecular flexibility index (Phi) is 10.2. The topological polar surface area (TPSA) is 76.7 Å². The molecule has 0 saturated carbocycles. The number of rotatable bonds is 11. The molecule has 40 heavy (non-hydrogen) atoms. The normalized spacial score (nSPS) is 12.2. The predicted octanol–water partition coefficient (Wildman–Crippen LogP) is 7.91. The van der Waals surface area contributed by atoms with Crippen LogP contribution in [-0.2, 0) is 9.59 Å². The molecule has 0 bridgehead atoms. The van der Waals surface area contributed by atoms with Crippen LogP contribution in [0.1, 0.15) is 25.0 Å². The van der Waals surface area contributed by atoms with Crippen LogP contribution >= 0.6 is 21.6 Å². The summed E-state index contributed by atoms with van der Waals surface area (Å²) < 4.78 is 11.6. The highest BCUT2D eigenvalue weighted by Gasteiger charge is 2.19. The van der Waals surface area contributed by atoms with Gasteiger partial charge in [0, 0.05) is 9.79 Å². The van der Waals surface area contributed by atoms with Gasteiger partial charge in [0.25, 0.3) is 11.8 Å². The Labute approximate surface area is 243 Å². The Balaban J connectivity index is 1.37. The van der Waals surface area contributed by atoms with Crippen molar-refractivity contribution in [1.82, 2.24) is 0 Å². The van der Waals surface area contributed by atoms with Crippen LogP contribution < -0.4 is 20.1 Å². The van der Waals surface area contributed by atoms with Crippen LogP contribution in [0.4, 0.5) is 11.4 Å². The van der Waals surface area contributed by atoms with Gasteiger partial charge in [0.05, 0.1) is 11.4 Å². The second kappa shape index (κ2) is 14.0. The van der Waals surface area contributed by atoms with Crippen LogP contribution in [0.2, 0.25) is 0 Å². The largest absolute Gasteiger partial charge is 0.481 e. The maximum absolute atomic E-state index is 12.9. The van der Waals surface area contributed by atoms with E-state index in [-0.39, 0.29) is 11.8 Å². The molecule has 4 aromatic rings. The van der Waals surface area contributed by atoms with Crippen LogP contribution in [0.3, 0.4) is 0 Å². The molecule has 0 spiro atoms. The first-order valence-corrected chi connectivity index (χ1v) is 15.0. The quantitative estimate of drug-likeness (QED) is 0.178. The minimum Gasteiger partial charge on any atom is -0.481 e. The van der Waals surface area contributed by atoms with Crippen LogP contribution in [0.15, 0.2) is 107 Å². The molecule has 6 nitrogen and oxygen atoms in total. The molecule has 8 heteroatoms. The molecule has 4 rings (SSSR count). The smallest absolute Gasteiger partial charge is 0.265 e. The number of hydrogen-bond acceptors (Lipinski definition) is 6. The van der Waals surface area contributed by atoms with Gasteiger partial charge < -0.3 is 20.1 Å². The lowest BCUT2D eigenvalue weighted by Gasteiger charge is -2.17. The summed E-state index contributed by atoms with van der Waals surface area (Å²) in [6.45, 7) is 7.45. The van der Waals surface area contributed by atoms with Gasteiger partial charge in [0.15, 0.2) is 12.2 Å². The summed E-state index contributed by atoms with van der Waals surface area (Å²) in [6.07, 6.45) is -1.35. The molecule has 206 valence electrons.